The molecule has 0 atom stereocenters. The van der Waals surface area contributed by atoms with Crippen LogP contribution in [0.15, 0.2) is 72.8 Å². The lowest BCUT2D eigenvalue weighted by atomic mass is 9.95. The van der Waals surface area contributed by atoms with E-state index in [0.717, 1.165) is 16.6 Å². The third-order valence-electron chi connectivity index (χ3n) is 4.42. The van der Waals surface area contributed by atoms with Gasteiger partial charge in [-0.05, 0) is 12.1 Å². The van der Waals surface area contributed by atoms with Crippen LogP contribution < -0.4 is 10.2 Å². The number of hydrogen-bond acceptors (Lipinski definition) is 5. The predicted molar refractivity (Wildman–Crippen MR) is 113 cm³/mol. The van der Waals surface area contributed by atoms with E-state index in [1.165, 1.54) is 0 Å². The maximum absolute atomic E-state index is 10.5. The standard InChI is InChI=1S/C22H18BN3O2/c1-28-17-11-12-18(19(27)13-17)22-25-20(14-5-3-2-4-6-14)24-21(26-22)15-7-9-16(23)10-8-15/h2-13,27H,23H2,1H3. The summed E-state index contributed by atoms with van der Waals surface area (Å²) in [5.41, 5.74) is 3.45. The lowest BCUT2D eigenvalue weighted by Crippen LogP contribution is -2.03. The Morgan fingerprint density at radius 1 is 0.750 bits per heavy atom. The molecule has 28 heavy (non-hydrogen) atoms. The van der Waals surface area contributed by atoms with Gasteiger partial charge in [0.15, 0.2) is 17.5 Å². The number of benzene rings is 3. The highest BCUT2D eigenvalue weighted by Crippen LogP contribution is 2.32. The van der Waals surface area contributed by atoms with Crippen LogP contribution in [0.5, 0.6) is 11.5 Å². The van der Waals surface area contributed by atoms with Crippen LogP contribution in [-0.4, -0.2) is 35.0 Å². The summed E-state index contributed by atoms with van der Waals surface area (Å²) < 4.78 is 5.17. The number of aromatic hydroxyl groups is 1. The zero-order chi connectivity index (χ0) is 19.5. The molecular weight excluding hydrogens is 349 g/mol. The molecule has 0 aliphatic carbocycles. The molecule has 0 saturated heterocycles. The predicted octanol–water partition coefficient (Wildman–Crippen LogP) is 2.85. The highest BCUT2D eigenvalue weighted by molar-refractivity contribution is 6.32. The summed E-state index contributed by atoms with van der Waals surface area (Å²) in [6, 6.07) is 22.8. The van der Waals surface area contributed by atoms with Gasteiger partial charge in [0.1, 0.15) is 19.3 Å². The number of phenolic OH excluding ortho intramolecular Hbond substituents is 1. The van der Waals surface area contributed by atoms with Crippen molar-refractivity contribution in [3.05, 3.63) is 72.8 Å². The molecule has 4 rings (SSSR count). The summed E-state index contributed by atoms with van der Waals surface area (Å²) in [4.78, 5) is 13.9. The van der Waals surface area contributed by atoms with Crippen molar-refractivity contribution in [1.29, 1.82) is 0 Å². The molecule has 0 radical (unpaired) electrons. The van der Waals surface area contributed by atoms with Gasteiger partial charge >= 0.3 is 0 Å². The molecule has 0 saturated carbocycles. The topological polar surface area (TPSA) is 68.1 Å². The first-order valence-corrected chi connectivity index (χ1v) is 8.90. The van der Waals surface area contributed by atoms with Crippen molar-refractivity contribution < 1.29 is 9.84 Å². The highest BCUT2D eigenvalue weighted by atomic mass is 16.5. The molecule has 0 aliphatic heterocycles. The van der Waals surface area contributed by atoms with Crippen molar-refractivity contribution in [1.82, 2.24) is 15.0 Å². The maximum atomic E-state index is 10.5. The van der Waals surface area contributed by atoms with Crippen molar-refractivity contribution in [3.8, 4) is 45.7 Å². The van der Waals surface area contributed by atoms with Crippen LogP contribution in [0.1, 0.15) is 0 Å². The van der Waals surface area contributed by atoms with Gasteiger partial charge in [0, 0.05) is 17.2 Å². The number of hydrogen-bond donors (Lipinski definition) is 1. The molecule has 4 aromatic rings. The second-order valence-electron chi connectivity index (χ2n) is 6.42. The minimum atomic E-state index is 0.0550. The summed E-state index contributed by atoms with van der Waals surface area (Å²) in [7, 11) is 3.59. The number of aromatic nitrogens is 3. The highest BCUT2D eigenvalue weighted by Gasteiger charge is 2.15. The van der Waals surface area contributed by atoms with Crippen LogP contribution in [-0.2, 0) is 0 Å². The Labute approximate surface area is 164 Å². The van der Waals surface area contributed by atoms with E-state index < -0.39 is 0 Å². The molecule has 136 valence electrons. The Morgan fingerprint density at radius 2 is 1.36 bits per heavy atom. The minimum absolute atomic E-state index is 0.0550. The molecule has 0 amide bonds. The molecule has 0 bridgehead atoms. The Balaban J connectivity index is 1.90. The van der Waals surface area contributed by atoms with Crippen LogP contribution >= 0.6 is 0 Å². The van der Waals surface area contributed by atoms with Crippen LogP contribution in [0.3, 0.4) is 0 Å². The third-order valence-corrected chi connectivity index (χ3v) is 4.42. The van der Waals surface area contributed by atoms with Gasteiger partial charge in [-0.3, -0.25) is 0 Å². The molecule has 1 aromatic heterocycles. The van der Waals surface area contributed by atoms with Gasteiger partial charge in [-0.15, -0.1) is 0 Å². The van der Waals surface area contributed by atoms with E-state index in [1.54, 1.807) is 25.3 Å². The number of phenols is 1. The van der Waals surface area contributed by atoms with Gasteiger partial charge < -0.3 is 9.84 Å². The van der Waals surface area contributed by atoms with Crippen molar-refractivity contribution in [2.24, 2.45) is 0 Å². The lowest BCUT2D eigenvalue weighted by Gasteiger charge is -2.10. The summed E-state index contributed by atoms with van der Waals surface area (Å²) in [5.74, 6) is 2.14. The normalized spacial score (nSPS) is 10.6. The molecule has 1 heterocycles. The molecule has 6 heteroatoms. The largest absolute Gasteiger partial charge is 0.507 e. The molecular formula is C22H18BN3O2. The molecule has 0 aliphatic rings. The fraction of sp³-hybridized carbons (Fsp3) is 0.0455. The third kappa shape index (κ3) is 3.57. The molecule has 3 aromatic carbocycles. The second-order valence-corrected chi connectivity index (χ2v) is 6.42. The van der Waals surface area contributed by atoms with Crippen molar-refractivity contribution >= 4 is 13.3 Å². The molecule has 0 spiro atoms. The fourth-order valence-electron chi connectivity index (χ4n) is 2.87. The van der Waals surface area contributed by atoms with E-state index in [0.29, 0.717) is 28.8 Å². The Bertz CT molecular complexity index is 1120. The number of rotatable bonds is 4. The van der Waals surface area contributed by atoms with Crippen LogP contribution in [0.2, 0.25) is 0 Å². The van der Waals surface area contributed by atoms with E-state index in [4.69, 9.17) is 4.74 Å². The van der Waals surface area contributed by atoms with Crippen molar-refractivity contribution in [3.63, 3.8) is 0 Å². The molecule has 0 fully saturated rings. The second kappa shape index (κ2) is 7.52. The van der Waals surface area contributed by atoms with Crippen molar-refractivity contribution in [2.75, 3.05) is 7.11 Å². The van der Waals surface area contributed by atoms with Gasteiger partial charge in [0.2, 0.25) is 0 Å². The first kappa shape index (κ1) is 17.7. The fourth-order valence-corrected chi connectivity index (χ4v) is 2.87. The van der Waals surface area contributed by atoms with Gasteiger partial charge in [0.05, 0.1) is 12.7 Å². The van der Waals surface area contributed by atoms with E-state index in [2.05, 4.69) is 15.0 Å². The minimum Gasteiger partial charge on any atom is -0.507 e. The smallest absolute Gasteiger partial charge is 0.167 e. The summed E-state index contributed by atoms with van der Waals surface area (Å²) in [6.45, 7) is 0. The number of nitrogens with zero attached hydrogens (tertiary/aromatic N) is 3. The Morgan fingerprint density at radius 3 is 1.96 bits per heavy atom. The molecule has 1 N–H and O–H groups in total. The first-order valence-electron chi connectivity index (χ1n) is 8.90. The quantitative estimate of drug-likeness (QED) is 0.562. The summed E-state index contributed by atoms with van der Waals surface area (Å²) in [5, 5.41) is 10.5. The van der Waals surface area contributed by atoms with Crippen LogP contribution in [0, 0.1) is 0 Å². The molecule has 0 unspecified atom stereocenters. The van der Waals surface area contributed by atoms with Gasteiger partial charge in [-0.25, -0.2) is 15.0 Å². The summed E-state index contributed by atoms with van der Waals surface area (Å²) >= 11 is 0. The van der Waals surface area contributed by atoms with Crippen LogP contribution in [0.4, 0.5) is 0 Å². The Kier molecular flexibility index (Phi) is 4.77. The van der Waals surface area contributed by atoms with Gasteiger partial charge in [-0.1, -0.05) is 60.1 Å². The van der Waals surface area contributed by atoms with E-state index in [1.807, 2.05) is 62.4 Å². The van der Waals surface area contributed by atoms with E-state index in [9.17, 15) is 5.11 Å². The van der Waals surface area contributed by atoms with Crippen molar-refractivity contribution in [2.45, 2.75) is 0 Å². The van der Waals surface area contributed by atoms with Crippen LogP contribution in [0.25, 0.3) is 34.2 Å². The van der Waals surface area contributed by atoms with Gasteiger partial charge in [-0.2, -0.15) is 0 Å². The van der Waals surface area contributed by atoms with Gasteiger partial charge in [0.25, 0.3) is 0 Å². The number of ether oxygens (including phenoxy) is 1. The zero-order valence-electron chi connectivity index (χ0n) is 15.6. The average molecular weight is 367 g/mol. The first-order chi connectivity index (χ1) is 13.6. The van der Waals surface area contributed by atoms with E-state index >= 15 is 0 Å². The SMILES string of the molecule is Bc1ccc(-c2nc(-c3ccccc3)nc(-c3ccc(OC)cc3O)n2)cc1. The maximum Gasteiger partial charge on any atom is 0.167 e. The summed E-state index contributed by atoms with van der Waals surface area (Å²) in [6.07, 6.45) is 0. The molecule has 5 nitrogen and oxygen atoms in total. The van der Waals surface area contributed by atoms with E-state index in [-0.39, 0.29) is 5.75 Å². The average Bonchev–Trinajstić information content (AvgIpc) is 2.74. The monoisotopic (exact) mass is 367 g/mol. The number of methoxy groups -OCH3 is 1. The lowest BCUT2D eigenvalue weighted by molar-refractivity contribution is 0.408. The Hall–Kier alpha value is -3.67. The zero-order valence-corrected chi connectivity index (χ0v) is 15.6.